The molecule has 5 nitrogen and oxygen atoms in total. The van der Waals surface area contributed by atoms with Gasteiger partial charge in [-0.2, -0.15) is 0 Å². The van der Waals surface area contributed by atoms with E-state index in [0.717, 1.165) is 0 Å². The van der Waals surface area contributed by atoms with E-state index in [9.17, 15) is 19.8 Å². The molecule has 1 saturated heterocycles. The smallest absolute Gasteiger partial charge is 0.336 e. The van der Waals surface area contributed by atoms with Gasteiger partial charge in [-0.1, -0.05) is 19.9 Å². The van der Waals surface area contributed by atoms with E-state index in [4.69, 9.17) is 4.74 Å². The van der Waals surface area contributed by atoms with Gasteiger partial charge in [0.2, 0.25) is 0 Å². The number of halogens is 1. The van der Waals surface area contributed by atoms with Crippen molar-refractivity contribution in [2.75, 3.05) is 0 Å². The van der Waals surface area contributed by atoms with Crippen LogP contribution in [0.2, 0.25) is 0 Å². The summed E-state index contributed by atoms with van der Waals surface area (Å²) in [4.78, 5) is 23.9. The highest BCUT2D eigenvalue weighted by Gasteiger charge is 2.83. The van der Waals surface area contributed by atoms with Crippen LogP contribution in [0.4, 0.5) is 4.39 Å². The number of rotatable bonds is 1. The Kier molecular flexibility index (Phi) is 3.07. The summed E-state index contributed by atoms with van der Waals surface area (Å²) in [6, 6.07) is 0. The minimum Gasteiger partial charge on any atom is -0.479 e. The predicted octanol–water partition coefficient (Wildman–Crippen LogP) is 2.44. The zero-order valence-corrected chi connectivity index (χ0v) is 15.7. The maximum absolute atomic E-state index is 15.2. The number of alkyl halides is 1. The number of carbonyl (C=O) groups excluding carboxylic acids is 1. The number of ketones is 1. The number of allylic oxidation sites excluding steroid dienone is 2. The lowest BCUT2D eigenvalue weighted by Gasteiger charge is -2.55. The van der Waals surface area contributed by atoms with Crippen molar-refractivity contribution >= 4 is 11.8 Å². The molecule has 1 spiro atoms. The topological polar surface area (TPSA) is 87.1 Å². The Morgan fingerprint density at radius 2 is 2.00 bits per heavy atom. The highest BCUT2D eigenvalue weighted by molar-refractivity contribution is 6.01. The summed E-state index contributed by atoms with van der Waals surface area (Å²) in [6.45, 7) is 5.55. The zero-order chi connectivity index (χ0) is 19.6. The van der Waals surface area contributed by atoms with Crippen LogP contribution in [0.5, 0.6) is 0 Å². The SMILES string of the molecule is C[C@@H]1CC2C3C[C@H](F)C4=CC(=O)C=CC4(C)[C@@]34O[C@H]4CC2(C)[C@@]1(O)C(=O)O. The number of carbonyl (C=O) groups is 2. The Bertz CT molecular complexity index is 834. The Morgan fingerprint density at radius 1 is 1.30 bits per heavy atom. The number of ether oxygens (including phenoxy) is 1. The number of hydrogen-bond donors (Lipinski definition) is 2. The fraction of sp³-hybridized carbons (Fsp3) is 0.714. The van der Waals surface area contributed by atoms with Gasteiger partial charge in [0.25, 0.3) is 0 Å². The number of epoxide rings is 1. The van der Waals surface area contributed by atoms with Crippen LogP contribution in [0.15, 0.2) is 23.8 Å². The number of aliphatic carboxylic acids is 1. The molecule has 0 amide bonds. The Hall–Kier alpha value is -1.53. The summed E-state index contributed by atoms with van der Waals surface area (Å²) in [7, 11) is 0. The molecule has 0 aromatic rings. The van der Waals surface area contributed by atoms with Crippen LogP contribution < -0.4 is 0 Å². The minimum atomic E-state index is -1.84. The van der Waals surface area contributed by atoms with E-state index in [2.05, 4.69) is 0 Å². The molecule has 0 aromatic carbocycles. The highest BCUT2D eigenvalue weighted by atomic mass is 19.1. The van der Waals surface area contributed by atoms with E-state index >= 15 is 4.39 Å². The quantitative estimate of drug-likeness (QED) is 0.687. The molecule has 4 aliphatic carbocycles. The van der Waals surface area contributed by atoms with Gasteiger partial charge in [0.15, 0.2) is 11.4 Å². The first-order chi connectivity index (χ1) is 12.5. The molecule has 2 N–H and O–H groups in total. The Balaban J connectivity index is 1.64. The van der Waals surface area contributed by atoms with E-state index in [-0.39, 0.29) is 30.1 Å². The lowest BCUT2D eigenvalue weighted by molar-refractivity contribution is -0.183. The van der Waals surface area contributed by atoms with Crippen LogP contribution >= 0.6 is 0 Å². The van der Waals surface area contributed by atoms with E-state index in [1.54, 1.807) is 13.0 Å². The maximum atomic E-state index is 15.2. The van der Waals surface area contributed by atoms with Crippen LogP contribution in [0.3, 0.4) is 0 Å². The lowest BCUT2D eigenvalue weighted by Crippen LogP contribution is -2.63. The van der Waals surface area contributed by atoms with Crippen molar-refractivity contribution in [1.29, 1.82) is 0 Å². The maximum Gasteiger partial charge on any atom is 0.336 e. The molecule has 4 unspecified atom stereocenters. The first kappa shape index (κ1) is 17.6. The third-order valence-corrected chi connectivity index (χ3v) is 8.83. The summed E-state index contributed by atoms with van der Waals surface area (Å²) in [5.74, 6) is -2.14. The standard InChI is InChI=1S/C21H25FO5/c1-10-6-12-13-8-15(22)14-7-11(23)4-5-18(14,2)21(13)16(27-21)9-19(12,3)20(10,26)17(24)25/h4-5,7,10,12-13,15-16,26H,6,8-9H2,1-3H3,(H,24,25)/t10-,12?,13?,15+,16+,18?,19?,20+,21-/m1/s1. The van der Waals surface area contributed by atoms with Gasteiger partial charge >= 0.3 is 5.97 Å². The van der Waals surface area contributed by atoms with Gasteiger partial charge in [-0.15, -0.1) is 0 Å². The van der Waals surface area contributed by atoms with Gasteiger partial charge in [-0.25, -0.2) is 9.18 Å². The molecule has 0 radical (unpaired) electrons. The van der Waals surface area contributed by atoms with Crippen LogP contribution in [0.25, 0.3) is 0 Å². The van der Waals surface area contributed by atoms with Crippen LogP contribution in [0, 0.1) is 28.6 Å². The summed E-state index contributed by atoms with van der Waals surface area (Å²) in [6.07, 6.45) is 4.36. The summed E-state index contributed by atoms with van der Waals surface area (Å²) >= 11 is 0. The molecule has 146 valence electrons. The molecule has 27 heavy (non-hydrogen) atoms. The third kappa shape index (κ3) is 1.65. The van der Waals surface area contributed by atoms with Gasteiger partial charge in [0.1, 0.15) is 11.8 Å². The first-order valence-electron chi connectivity index (χ1n) is 9.75. The number of carboxylic acids is 1. The van der Waals surface area contributed by atoms with Gasteiger partial charge in [0, 0.05) is 10.8 Å². The molecule has 5 aliphatic rings. The Morgan fingerprint density at radius 3 is 2.67 bits per heavy atom. The number of carboxylic acid groups (broad SMARTS) is 1. The molecule has 9 atom stereocenters. The van der Waals surface area contributed by atoms with Crippen molar-refractivity contribution in [1.82, 2.24) is 0 Å². The second-order valence-corrected chi connectivity index (χ2v) is 9.68. The molecular formula is C21H25FO5. The summed E-state index contributed by atoms with van der Waals surface area (Å²) in [5.41, 5.74) is -3.53. The van der Waals surface area contributed by atoms with Gasteiger partial charge < -0.3 is 14.9 Å². The van der Waals surface area contributed by atoms with Crippen molar-refractivity contribution in [2.24, 2.45) is 28.6 Å². The first-order valence-corrected chi connectivity index (χ1v) is 9.75. The van der Waals surface area contributed by atoms with Gasteiger partial charge in [-0.05, 0) is 61.7 Å². The zero-order valence-electron chi connectivity index (χ0n) is 15.7. The van der Waals surface area contributed by atoms with Crippen molar-refractivity contribution in [3.05, 3.63) is 23.8 Å². The molecule has 5 rings (SSSR count). The average molecular weight is 376 g/mol. The number of hydrogen-bond acceptors (Lipinski definition) is 4. The fourth-order valence-electron chi connectivity index (χ4n) is 7.43. The summed E-state index contributed by atoms with van der Waals surface area (Å²) < 4.78 is 21.5. The molecule has 4 fully saturated rings. The van der Waals surface area contributed by atoms with Crippen LogP contribution in [0.1, 0.15) is 40.0 Å². The van der Waals surface area contributed by atoms with E-state index < -0.39 is 40.1 Å². The molecule has 0 aromatic heterocycles. The van der Waals surface area contributed by atoms with Crippen molar-refractivity contribution < 1.29 is 28.9 Å². The van der Waals surface area contributed by atoms with Crippen LogP contribution in [-0.2, 0) is 14.3 Å². The largest absolute Gasteiger partial charge is 0.479 e. The summed E-state index contributed by atoms with van der Waals surface area (Å²) in [5, 5.41) is 21.0. The van der Waals surface area contributed by atoms with Gasteiger partial charge in [0.05, 0.1) is 6.10 Å². The molecule has 6 heteroatoms. The number of fused-ring (bicyclic) bond motifs is 3. The lowest BCUT2D eigenvalue weighted by atomic mass is 9.46. The second-order valence-electron chi connectivity index (χ2n) is 9.68. The second kappa shape index (κ2) is 4.71. The molecule has 3 saturated carbocycles. The predicted molar refractivity (Wildman–Crippen MR) is 93.5 cm³/mol. The molecule has 1 aliphatic heterocycles. The monoisotopic (exact) mass is 376 g/mol. The molecule has 0 bridgehead atoms. The average Bonchev–Trinajstić information content (AvgIpc) is 3.27. The highest BCUT2D eigenvalue weighted by Crippen LogP contribution is 2.76. The van der Waals surface area contributed by atoms with Crippen molar-refractivity contribution in [2.45, 2.75) is 63.5 Å². The van der Waals surface area contributed by atoms with E-state index in [0.29, 0.717) is 18.4 Å². The van der Waals surface area contributed by atoms with Crippen molar-refractivity contribution in [3.63, 3.8) is 0 Å². The van der Waals surface area contributed by atoms with Crippen molar-refractivity contribution in [3.8, 4) is 0 Å². The Labute approximate surface area is 157 Å². The van der Waals surface area contributed by atoms with Gasteiger partial charge in [-0.3, -0.25) is 4.79 Å². The minimum absolute atomic E-state index is 0.144. The fourth-order valence-corrected chi connectivity index (χ4v) is 7.43. The van der Waals surface area contributed by atoms with Crippen LogP contribution in [-0.4, -0.2) is 45.4 Å². The molecular weight excluding hydrogens is 351 g/mol. The van der Waals surface area contributed by atoms with E-state index in [1.165, 1.54) is 12.2 Å². The number of aliphatic hydroxyl groups is 1. The van der Waals surface area contributed by atoms with E-state index in [1.807, 2.05) is 13.8 Å². The third-order valence-electron chi connectivity index (χ3n) is 8.83. The normalized spacial score (nSPS) is 57.9. The molecule has 1 heterocycles.